The van der Waals surface area contributed by atoms with E-state index in [1.165, 1.54) is 22.3 Å². The van der Waals surface area contributed by atoms with E-state index in [-0.39, 0.29) is 17.9 Å². The molecule has 4 nitrogen and oxygen atoms in total. The van der Waals surface area contributed by atoms with Gasteiger partial charge in [0.05, 0.1) is 11.8 Å². The maximum Gasteiger partial charge on any atom is 0.314 e. The maximum atomic E-state index is 13.8. The Balaban J connectivity index is 1.33. The lowest BCUT2D eigenvalue weighted by atomic mass is 9.65. The van der Waals surface area contributed by atoms with Crippen molar-refractivity contribution in [1.29, 1.82) is 0 Å². The summed E-state index contributed by atoms with van der Waals surface area (Å²) < 4.78 is 11.6. The number of benzene rings is 6. The highest BCUT2D eigenvalue weighted by molar-refractivity contribution is 5.87. The van der Waals surface area contributed by atoms with Gasteiger partial charge in [-0.2, -0.15) is 0 Å². The molecule has 2 atom stereocenters. The molecule has 0 amide bonds. The van der Waals surface area contributed by atoms with Crippen molar-refractivity contribution in [3.8, 4) is 33.8 Å². The normalized spacial score (nSPS) is 13.8. The SMILES string of the molecule is CC(Cc1ccccc1-c1ccccc1C1(CC(C)C(=O)Oc2ccccc2)c2ccccc2-c2ccccc21)C(=O)Oc1ccccc1. The van der Waals surface area contributed by atoms with E-state index in [9.17, 15) is 9.59 Å². The molecule has 2 unspecified atom stereocenters. The predicted octanol–water partition coefficient (Wildman–Crippen LogP) is 10.1. The second-order valence-corrected chi connectivity index (χ2v) is 12.9. The van der Waals surface area contributed by atoms with E-state index in [1.807, 2.05) is 74.5 Å². The zero-order chi connectivity index (χ0) is 33.8. The van der Waals surface area contributed by atoms with Crippen LogP contribution in [0.4, 0.5) is 0 Å². The number of fused-ring (bicyclic) bond motifs is 3. The van der Waals surface area contributed by atoms with Crippen molar-refractivity contribution in [2.45, 2.75) is 32.1 Å². The summed E-state index contributed by atoms with van der Waals surface area (Å²) in [6.45, 7) is 3.88. The van der Waals surface area contributed by atoms with Crippen LogP contribution >= 0.6 is 0 Å². The summed E-state index contributed by atoms with van der Waals surface area (Å²) in [6, 6.07) is 52.4. The average molecular weight is 643 g/mol. The van der Waals surface area contributed by atoms with Crippen LogP contribution in [0.2, 0.25) is 0 Å². The molecule has 0 aliphatic heterocycles. The summed E-state index contributed by atoms with van der Waals surface area (Å²) in [5.74, 6) is -0.266. The molecule has 6 aromatic rings. The molecule has 1 aliphatic rings. The van der Waals surface area contributed by atoms with Crippen LogP contribution in [0.3, 0.4) is 0 Å². The van der Waals surface area contributed by atoms with E-state index in [0.717, 1.165) is 22.3 Å². The first-order chi connectivity index (χ1) is 24.0. The van der Waals surface area contributed by atoms with Crippen molar-refractivity contribution in [2.75, 3.05) is 0 Å². The summed E-state index contributed by atoms with van der Waals surface area (Å²) in [5.41, 5.74) is 8.31. The Morgan fingerprint density at radius 3 is 1.33 bits per heavy atom. The number of rotatable bonds is 10. The average Bonchev–Trinajstić information content (AvgIpc) is 3.42. The Bertz CT molecular complexity index is 2050. The number of hydrogen-bond donors (Lipinski definition) is 0. The summed E-state index contributed by atoms with van der Waals surface area (Å²) >= 11 is 0. The van der Waals surface area contributed by atoms with Crippen LogP contribution in [-0.4, -0.2) is 11.9 Å². The first kappa shape index (κ1) is 31.8. The van der Waals surface area contributed by atoms with Gasteiger partial charge in [0.1, 0.15) is 11.5 Å². The molecule has 0 spiro atoms. The minimum Gasteiger partial charge on any atom is -0.426 e. The molecule has 49 heavy (non-hydrogen) atoms. The van der Waals surface area contributed by atoms with E-state index < -0.39 is 11.3 Å². The molecule has 0 heterocycles. The third kappa shape index (κ3) is 6.18. The molecule has 0 saturated heterocycles. The highest BCUT2D eigenvalue weighted by Crippen LogP contribution is 2.57. The topological polar surface area (TPSA) is 52.6 Å². The van der Waals surface area contributed by atoms with Gasteiger partial charge in [0.15, 0.2) is 0 Å². The van der Waals surface area contributed by atoms with Crippen LogP contribution in [0.25, 0.3) is 22.3 Å². The first-order valence-electron chi connectivity index (χ1n) is 16.9. The van der Waals surface area contributed by atoms with Crippen LogP contribution in [0, 0.1) is 11.8 Å². The number of carbonyl (C=O) groups is 2. The third-order valence-electron chi connectivity index (χ3n) is 9.62. The van der Waals surface area contributed by atoms with Gasteiger partial charge < -0.3 is 9.47 Å². The summed E-state index contributed by atoms with van der Waals surface area (Å²) in [6.07, 6.45) is 1.02. The fourth-order valence-corrected chi connectivity index (χ4v) is 7.36. The monoisotopic (exact) mass is 642 g/mol. The number of para-hydroxylation sites is 2. The second kappa shape index (κ2) is 13.8. The summed E-state index contributed by atoms with van der Waals surface area (Å²) in [7, 11) is 0. The van der Waals surface area contributed by atoms with Crippen molar-refractivity contribution >= 4 is 11.9 Å². The molecule has 0 radical (unpaired) electrons. The van der Waals surface area contributed by atoms with Gasteiger partial charge in [-0.05, 0) is 81.6 Å². The quantitative estimate of drug-likeness (QED) is 0.110. The zero-order valence-electron chi connectivity index (χ0n) is 27.7. The second-order valence-electron chi connectivity index (χ2n) is 12.9. The molecule has 0 bridgehead atoms. The van der Waals surface area contributed by atoms with Gasteiger partial charge in [-0.1, -0.05) is 147 Å². The van der Waals surface area contributed by atoms with Crippen molar-refractivity contribution in [1.82, 2.24) is 0 Å². The molecular formula is C45H38O4. The smallest absolute Gasteiger partial charge is 0.314 e. The Morgan fingerprint density at radius 2 is 0.837 bits per heavy atom. The number of ether oxygens (including phenoxy) is 2. The molecule has 4 heteroatoms. The van der Waals surface area contributed by atoms with E-state index in [1.54, 1.807) is 12.1 Å². The zero-order valence-corrected chi connectivity index (χ0v) is 27.7. The Labute approximate surface area is 288 Å². The van der Waals surface area contributed by atoms with E-state index in [0.29, 0.717) is 24.3 Å². The van der Waals surface area contributed by atoms with Crippen molar-refractivity contribution in [3.05, 3.63) is 180 Å². The molecule has 1 aliphatic carbocycles. The fraction of sp³-hybridized carbons (Fsp3) is 0.156. The van der Waals surface area contributed by atoms with E-state index in [2.05, 4.69) is 84.9 Å². The first-order valence-corrected chi connectivity index (χ1v) is 16.9. The number of esters is 2. The van der Waals surface area contributed by atoms with Crippen LogP contribution in [0.5, 0.6) is 11.5 Å². The summed E-state index contributed by atoms with van der Waals surface area (Å²) in [4.78, 5) is 27.0. The molecule has 0 saturated carbocycles. The molecule has 0 N–H and O–H groups in total. The summed E-state index contributed by atoms with van der Waals surface area (Å²) in [5, 5.41) is 0. The van der Waals surface area contributed by atoms with E-state index in [4.69, 9.17) is 9.47 Å². The standard InChI is InChI=1S/C45H38O4/c1-31(43(46)48-34-18-5-3-6-19-34)29-33-17-9-10-22-36(33)37-23-11-14-26-40(37)45(30-32(2)44(47)49-35-20-7-4-8-21-35)41-27-15-12-24-38(41)39-25-13-16-28-42(39)45/h3-28,31-32H,29-30H2,1-2H3. The molecule has 7 rings (SSSR count). The van der Waals surface area contributed by atoms with Crippen LogP contribution in [0.15, 0.2) is 158 Å². The van der Waals surface area contributed by atoms with E-state index >= 15 is 0 Å². The van der Waals surface area contributed by atoms with Gasteiger partial charge in [0, 0.05) is 5.41 Å². The number of carbonyl (C=O) groups excluding carboxylic acids is 2. The van der Waals surface area contributed by atoms with Gasteiger partial charge in [-0.25, -0.2) is 0 Å². The molecule has 242 valence electrons. The number of hydrogen-bond acceptors (Lipinski definition) is 4. The Hall–Kier alpha value is -5.74. The minimum atomic E-state index is -0.649. The van der Waals surface area contributed by atoms with Crippen LogP contribution in [0.1, 0.15) is 42.5 Å². The lowest BCUT2D eigenvalue weighted by Crippen LogP contribution is -2.33. The van der Waals surface area contributed by atoms with Crippen LogP contribution in [-0.2, 0) is 21.4 Å². The van der Waals surface area contributed by atoms with Gasteiger partial charge in [0.2, 0.25) is 0 Å². The fourth-order valence-electron chi connectivity index (χ4n) is 7.36. The van der Waals surface area contributed by atoms with Crippen molar-refractivity contribution < 1.29 is 19.1 Å². The minimum absolute atomic E-state index is 0.268. The highest BCUT2D eigenvalue weighted by Gasteiger charge is 2.47. The van der Waals surface area contributed by atoms with Gasteiger partial charge in [-0.15, -0.1) is 0 Å². The van der Waals surface area contributed by atoms with Crippen molar-refractivity contribution in [3.63, 3.8) is 0 Å². The molecule has 0 aromatic heterocycles. The molecule has 6 aromatic carbocycles. The van der Waals surface area contributed by atoms with Gasteiger partial charge in [-0.3, -0.25) is 9.59 Å². The molecule has 0 fully saturated rings. The van der Waals surface area contributed by atoms with Crippen LogP contribution < -0.4 is 9.47 Å². The highest BCUT2D eigenvalue weighted by atomic mass is 16.5. The Morgan fingerprint density at radius 1 is 0.469 bits per heavy atom. The lowest BCUT2D eigenvalue weighted by molar-refractivity contribution is -0.139. The molecular weight excluding hydrogens is 604 g/mol. The van der Waals surface area contributed by atoms with Gasteiger partial charge in [0.25, 0.3) is 0 Å². The lowest BCUT2D eigenvalue weighted by Gasteiger charge is -2.36. The largest absolute Gasteiger partial charge is 0.426 e. The van der Waals surface area contributed by atoms with Crippen molar-refractivity contribution in [2.24, 2.45) is 11.8 Å². The predicted molar refractivity (Wildman–Crippen MR) is 194 cm³/mol. The third-order valence-corrected chi connectivity index (χ3v) is 9.62. The van der Waals surface area contributed by atoms with Gasteiger partial charge >= 0.3 is 11.9 Å². The Kier molecular flexibility index (Phi) is 8.95. The maximum absolute atomic E-state index is 13.8.